The minimum absolute atomic E-state index is 0.124. The van der Waals surface area contributed by atoms with E-state index in [9.17, 15) is 14.9 Å². The zero-order chi connectivity index (χ0) is 13.0. The van der Waals surface area contributed by atoms with Crippen LogP contribution in [-0.4, -0.2) is 23.1 Å². The SMILES string of the molecule is COc1cc(CBr)c(CC(=O)O)cc1[N+](=O)[O-]. The van der Waals surface area contributed by atoms with Gasteiger partial charge in [0.15, 0.2) is 5.75 Å². The van der Waals surface area contributed by atoms with Gasteiger partial charge in [-0.1, -0.05) is 15.9 Å². The number of methoxy groups -OCH3 is 1. The van der Waals surface area contributed by atoms with Crippen LogP contribution in [0.1, 0.15) is 11.1 Å². The van der Waals surface area contributed by atoms with Crippen molar-refractivity contribution in [2.75, 3.05) is 7.11 Å². The molecule has 92 valence electrons. The van der Waals surface area contributed by atoms with E-state index in [2.05, 4.69) is 15.9 Å². The molecule has 1 aromatic carbocycles. The van der Waals surface area contributed by atoms with Gasteiger partial charge in [-0.05, 0) is 17.2 Å². The summed E-state index contributed by atoms with van der Waals surface area (Å²) in [5.74, 6) is -0.912. The zero-order valence-electron chi connectivity index (χ0n) is 8.97. The molecule has 0 heterocycles. The van der Waals surface area contributed by atoms with E-state index in [0.29, 0.717) is 16.5 Å². The van der Waals surface area contributed by atoms with Gasteiger partial charge < -0.3 is 9.84 Å². The lowest BCUT2D eigenvalue weighted by Crippen LogP contribution is -2.05. The molecule has 0 unspecified atom stereocenters. The van der Waals surface area contributed by atoms with Crippen LogP contribution < -0.4 is 4.74 Å². The molecule has 0 bridgehead atoms. The number of carboxylic acid groups (broad SMARTS) is 1. The largest absolute Gasteiger partial charge is 0.490 e. The normalized spacial score (nSPS) is 10.0. The van der Waals surface area contributed by atoms with E-state index in [1.807, 2.05) is 0 Å². The summed E-state index contributed by atoms with van der Waals surface area (Å²) in [7, 11) is 1.33. The number of ether oxygens (including phenoxy) is 1. The fraction of sp³-hybridized carbons (Fsp3) is 0.300. The molecule has 17 heavy (non-hydrogen) atoms. The standard InChI is InChI=1S/C10H10BrNO5/c1-17-9-3-7(5-11)6(4-10(13)14)2-8(9)12(15)16/h2-3H,4-5H2,1H3,(H,13,14). The average molecular weight is 304 g/mol. The number of rotatable bonds is 5. The molecule has 0 fully saturated rings. The number of halogens is 1. The van der Waals surface area contributed by atoms with E-state index in [1.54, 1.807) is 0 Å². The molecule has 6 nitrogen and oxygen atoms in total. The van der Waals surface area contributed by atoms with Crippen LogP contribution in [0.3, 0.4) is 0 Å². The Morgan fingerprint density at radius 2 is 2.18 bits per heavy atom. The van der Waals surface area contributed by atoms with E-state index in [1.165, 1.54) is 19.2 Å². The van der Waals surface area contributed by atoms with Gasteiger partial charge in [0.25, 0.3) is 0 Å². The Balaban J connectivity index is 3.33. The molecule has 1 N–H and O–H groups in total. The Morgan fingerprint density at radius 3 is 2.59 bits per heavy atom. The van der Waals surface area contributed by atoms with Crippen molar-refractivity contribution in [2.45, 2.75) is 11.8 Å². The summed E-state index contributed by atoms with van der Waals surface area (Å²) in [5.41, 5.74) is 0.838. The molecule has 1 rings (SSSR count). The Kier molecular flexibility index (Phi) is 4.45. The summed E-state index contributed by atoms with van der Waals surface area (Å²) >= 11 is 3.20. The van der Waals surface area contributed by atoms with Crippen LogP contribution in [-0.2, 0) is 16.5 Å². The highest BCUT2D eigenvalue weighted by Gasteiger charge is 2.19. The van der Waals surface area contributed by atoms with Crippen LogP contribution in [0.15, 0.2) is 12.1 Å². The van der Waals surface area contributed by atoms with Crippen molar-refractivity contribution in [1.29, 1.82) is 0 Å². The molecule has 7 heteroatoms. The third-order valence-electron chi connectivity index (χ3n) is 2.18. The average Bonchev–Trinajstić information content (AvgIpc) is 2.27. The quantitative estimate of drug-likeness (QED) is 0.511. The predicted molar refractivity (Wildman–Crippen MR) is 63.6 cm³/mol. The van der Waals surface area contributed by atoms with Crippen LogP contribution in [0, 0.1) is 10.1 Å². The lowest BCUT2D eigenvalue weighted by molar-refractivity contribution is -0.385. The van der Waals surface area contributed by atoms with Gasteiger partial charge in [0.2, 0.25) is 0 Å². The van der Waals surface area contributed by atoms with Gasteiger partial charge in [-0.3, -0.25) is 14.9 Å². The van der Waals surface area contributed by atoms with Crippen molar-refractivity contribution in [1.82, 2.24) is 0 Å². The first-order valence-corrected chi connectivity index (χ1v) is 5.73. The highest BCUT2D eigenvalue weighted by molar-refractivity contribution is 9.08. The fourth-order valence-corrected chi connectivity index (χ4v) is 1.93. The molecule has 0 radical (unpaired) electrons. The summed E-state index contributed by atoms with van der Waals surface area (Å²) in [5, 5.41) is 19.9. The number of hydrogen-bond acceptors (Lipinski definition) is 4. The van der Waals surface area contributed by atoms with Crippen molar-refractivity contribution in [2.24, 2.45) is 0 Å². The first-order valence-electron chi connectivity index (χ1n) is 4.61. The third-order valence-corrected chi connectivity index (χ3v) is 2.79. The molecular weight excluding hydrogens is 294 g/mol. The van der Waals surface area contributed by atoms with E-state index < -0.39 is 10.9 Å². The minimum Gasteiger partial charge on any atom is -0.490 e. The molecule has 0 aliphatic carbocycles. The second-order valence-electron chi connectivity index (χ2n) is 3.25. The second-order valence-corrected chi connectivity index (χ2v) is 3.81. The van der Waals surface area contributed by atoms with E-state index in [4.69, 9.17) is 9.84 Å². The summed E-state index contributed by atoms with van der Waals surface area (Å²) in [4.78, 5) is 20.8. The first kappa shape index (κ1) is 13.4. The molecule has 0 amide bonds. The maximum atomic E-state index is 10.8. The van der Waals surface area contributed by atoms with E-state index in [-0.39, 0.29) is 17.9 Å². The lowest BCUT2D eigenvalue weighted by Gasteiger charge is -2.08. The summed E-state index contributed by atoms with van der Waals surface area (Å²) < 4.78 is 4.90. The molecule has 0 spiro atoms. The van der Waals surface area contributed by atoms with Gasteiger partial charge in [-0.25, -0.2) is 0 Å². The number of aliphatic carboxylic acids is 1. The van der Waals surface area contributed by atoms with E-state index in [0.717, 1.165) is 0 Å². The third kappa shape index (κ3) is 3.16. The molecule has 0 atom stereocenters. The first-order chi connectivity index (χ1) is 7.99. The molecule has 0 aliphatic rings. The smallest absolute Gasteiger partial charge is 0.311 e. The Bertz CT molecular complexity index is 460. The van der Waals surface area contributed by atoms with Gasteiger partial charge >= 0.3 is 11.7 Å². The number of nitro benzene ring substituents is 1. The molecule has 0 aliphatic heterocycles. The van der Waals surface area contributed by atoms with Gasteiger partial charge in [0.05, 0.1) is 18.5 Å². The van der Waals surface area contributed by atoms with Crippen LogP contribution in [0.25, 0.3) is 0 Å². The number of carboxylic acids is 1. The topological polar surface area (TPSA) is 89.7 Å². The Labute approximate surface area is 105 Å². The Hall–Kier alpha value is -1.63. The van der Waals surface area contributed by atoms with Gasteiger partial charge in [0.1, 0.15) is 0 Å². The molecule has 1 aromatic rings. The summed E-state index contributed by atoms with van der Waals surface area (Å²) in [6, 6.07) is 2.72. The van der Waals surface area contributed by atoms with Gasteiger partial charge in [0, 0.05) is 11.4 Å². The number of nitrogens with zero attached hydrogens (tertiary/aromatic N) is 1. The molecule has 0 saturated heterocycles. The fourth-order valence-electron chi connectivity index (χ4n) is 1.41. The van der Waals surface area contributed by atoms with Crippen LogP contribution in [0.2, 0.25) is 0 Å². The monoisotopic (exact) mass is 303 g/mol. The lowest BCUT2D eigenvalue weighted by atomic mass is 10.0. The number of carbonyl (C=O) groups is 1. The number of alkyl halides is 1. The maximum absolute atomic E-state index is 10.8. The number of nitro groups is 1. The minimum atomic E-state index is -1.04. The summed E-state index contributed by atoms with van der Waals surface area (Å²) in [6.07, 6.45) is -0.258. The molecular formula is C10H10BrNO5. The predicted octanol–water partition coefficient (Wildman–Crippen LogP) is 2.13. The van der Waals surface area contributed by atoms with Crippen molar-refractivity contribution < 1.29 is 19.6 Å². The molecule has 0 aromatic heterocycles. The van der Waals surface area contributed by atoms with Gasteiger partial charge in [-0.2, -0.15) is 0 Å². The van der Waals surface area contributed by atoms with Crippen LogP contribution in [0.4, 0.5) is 5.69 Å². The van der Waals surface area contributed by atoms with Gasteiger partial charge in [-0.15, -0.1) is 0 Å². The highest BCUT2D eigenvalue weighted by atomic mass is 79.9. The summed E-state index contributed by atoms with van der Waals surface area (Å²) in [6.45, 7) is 0. The molecule has 0 saturated carbocycles. The number of benzene rings is 1. The van der Waals surface area contributed by atoms with E-state index >= 15 is 0 Å². The highest BCUT2D eigenvalue weighted by Crippen LogP contribution is 2.31. The Morgan fingerprint density at radius 1 is 1.53 bits per heavy atom. The van der Waals surface area contributed by atoms with Crippen molar-refractivity contribution in [3.63, 3.8) is 0 Å². The number of hydrogen-bond donors (Lipinski definition) is 1. The van der Waals surface area contributed by atoms with Crippen molar-refractivity contribution in [3.8, 4) is 5.75 Å². The van der Waals surface area contributed by atoms with Crippen molar-refractivity contribution >= 4 is 27.6 Å². The van der Waals surface area contributed by atoms with Crippen molar-refractivity contribution in [3.05, 3.63) is 33.4 Å². The maximum Gasteiger partial charge on any atom is 0.311 e. The van der Waals surface area contributed by atoms with Crippen LogP contribution in [0.5, 0.6) is 5.75 Å². The zero-order valence-corrected chi connectivity index (χ0v) is 10.6. The van der Waals surface area contributed by atoms with Crippen LogP contribution >= 0.6 is 15.9 Å². The second kappa shape index (κ2) is 5.62.